The highest BCUT2D eigenvalue weighted by Crippen LogP contribution is 2.31. The first kappa shape index (κ1) is 22.7. The molecule has 0 bridgehead atoms. The monoisotopic (exact) mass is 468 g/mol. The van der Waals surface area contributed by atoms with Gasteiger partial charge in [-0.05, 0) is 42.4 Å². The number of aryl methyl sites for hydroxylation is 1. The lowest BCUT2D eigenvalue weighted by Gasteiger charge is -2.32. The number of aromatic nitrogens is 3. The average molecular weight is 469 g/mol. The molecule has 2 aromatic carbocycles. The molecule has 35 heavy (non-hydrogen) atoms. The summed E-state index contributed by atoms with van der Waals surface area (Å²) < 4.78 is 1.74. The van der Waals surface area contributed by atoms with E-state index < -0.39 is 0 Å². The second kappa shape index (κ2) is 9.31. The zero-order valence-corrected chi connectivity index (χ0v) is 20.2. The number of piperazine rings is 1. The first-order valence-electron chi connectivity index (χ1n) is 11.7. The van der Waals surface area contributed by atoms with E-state index in [2.05, 4.69) is 28.3 Å². The molecular formula is C27H28N6O2. The fraction of sp³-hybridized carbons (Fsp3) is 0.259. The smallest absolute Gasteiger partial charge is 0.253 e. The van der Waals surface area contributed by atoms with Crippen LogP contribution in [0.1, 0.15) is 17.3 Å². The van der Waals surface area contributed by atoms with Crippen molar-refractivity contribution in [2.45, 2.75) is 6.92 Å². The molecule has 0 atom stereocenters. The Morgan fingerprint density at radius 1 is 0.886 bits per heavy atom. The van der Waals surface area contributed by atoms with Crippen molar-refractivity contribution >= 4 is 28.5 Å². The number of amides is 2. The highest BCUT2D eigenvalue weighted by molar-refractivity contribution is 5.97. The van der Waals surface area contributed by atoms with Crippen molar-refractivity contribution in [3.63, 3.8) is 0 Å². The van der Waals surface area contributed by atoms with Gasteiger partial charge in [-0.15, -0.1) is 0 Å². The van der Waals surface area contributed by atoms with Crippen molar-refractivity contribution in [3.8, 4) is 22.4 Å². The minimum atomic E-state index is -0.145. The molecule has 1 N–H and O–H groups in total. The standard InChI is InChI=1S/C27H28N6O2/c1-18(34)29-23-16-24-25(30-32(3)26(24)28-17-23)22-6-4-5-21(15-22)19-7-9-20(10-8-19)27(35)33-13-11-31(2)12-14-33/h4-10,15-17H,11-14H2,1-3H3,(H,29,34). The van der Waals surface area contributed by atoms with Gasteiger partial charge in [0.2, 0.25) is 5.91 Å². The van der Waals surface area contributed by atoms with E-state index >= 15 is 0 Å². The van der Waals surface area contributed by atoms with Crippen molar-refractivity contribution in [2.24, 2.45) is 7.05 Å². The number of benzene rings is 2. The van der Waals surface area contributed by atoms with Gasteiger partial charge in [0.25, 0.3) is 5.91 Å². The maximum atomic E-state index is 12.9. The molecule has 1 fully saturated rings. The van der Waals surface area contributed by atoms with Gasteiger partial charge in [-0.1, -0.05) is 30.3 Å². The number of anilines is 1. The molecule has 8 heteroatoms. The number of pyridine rings is 1. The van der Waals surface area contributed by atoms with Crippen molar-refractivity contribution in [3.05, 3.63) is 66.4 Å². The van der Waals surface area contributed by atoms with Crippen LogP contribution in [0.5, 0.6) is 0 Å². The van der Waals surface area contributed by atoms with Gasteiger partial charge in [0.1, 0.15) is 5.69 Å². The summed E-state index contributed by atoms with van der Waals surface area (Å²) in [5, 5.41) is 8.35. The van der Waals surface area contributed by atoms with Crippen LogP contribution in [0.2, 0.25) is 0 Å². The van der Waals surface area contributed by atoms with Gasteiger partial charge in [0.15, 0.2) is 5.65 Å². The number of carbonyl (C=O) groups excluding carboxylic acids is 2. The van der Waals surface area contributed by atoms with Crippen LogP contribution < -0.4 is 5.32 Å². The predicted molar refractivity (Wildman–Crippen MR) is 137 cm³/mol. The lowest BCUT2D eigenvalue weighted by molar-refractivity contribution is -0.114. The quantitative estimate of drug-likeness (QED) is 0.494. The van der Waals surface area contributed by atoms with E-state index in [0.29, 0.717) is 11.3 Å². The number of likely N-dealkylation sites (N-methyl/N-ethyl adjacent to an activating group) is 1. The molecule has 0 unspecified atom stereocenters. The lowest BCUT2D eigenvalue weighted by Crippen LogP contribution is -2.47. The van der Waals surface area contributed by atoms with Crippen molar-refractivity contribution in [2.75, 3.05) is 38.5 Å². The summed E-state index contributed by atoms with van der Waals surface area (Å²) in [6, 6.07) is 17.9. The van der Waals surface area contributed by atoms with Gasteiger partial charge in [-0.3, -0.25) is 9.59 Å². The number of carbonyl (C=O) groups is 2. The number of fused-ring (bicyclic) bond motifs is 1. The Morgan fingerprint density at radius 2 is 1.60 bits per heavy atom. The Bertz CT molecular complexity index is 1400. The molecule has 0 radical (unpaired) electrons. The van der Waals surface area contributed by atoms with Gasteiger partial charge in [0, 0.05) is 56.7 Å². The van der Waals surface area contributed by atoms with Crippen molar-refractivity contribution in [1.82, 2.24) is 24.6 Å². The van der Waals surface area contributed by atoms with Crippen molar-refractivity contribution < 1.29 is 9.59 Å². The molecule has 1 aliphatic rings. The normalized spacial score (nSPS) is 14.3. The summed E-state index contributed by atoms with van der Waals surface area (Å²) in [4.78, 5) is 33.0. The van der Waals surface area contributed by atoms with E-state index in [4.69, 9.17) is 5.10 Å². The van der Waals surface area contributed by atoms with Gasteiger partial charge < -0.3 is 15.1 Å². The van der Waals surface area contributed by atoms with E-state index in [1.807, 2.05) is 60.5 Å². The summed E-state index contributed by atoms with van der Waals surface area (Å²) in [5.41, 5.74) is 5.90. The molecule has 0 spiro atoms. The summed E-state index contributed by atoms with van der Waals surface area (Å²) in [6.45, 7) is 4.80. The fourth-order valence-electron chi connectivity index (χ4n) is 4.47. The van der Waals surface area contributed by atoms with Crippen molar-refractivity contribution in [1.29, 1.82) is 0 Å². The number of nitrogens with zero attached hydrogens (tertiary/aromatic N) is 5. The molecule has 1 saturated heterocycles. The summed E-state index contributed by atoms with van der Waals surface area (Å²) >= 11 is 0. The Labute approximate surface area is 204 Å². The minimum absolute atomic E-state index is 0.0841. The first-order valence-corrected chi connectivity index (χ1v) is 11.7. The van der Waals surface area contributed by atoms with E-state index in [9.17, 15) is 9.59 Å². The third-order valence-electron chi connectivity index (χ3n) is 6.39. The number of hydrogen-bond acceptors (Lipinski definition) is 5. The molecule has 3 heterocycles. The number of hydrogen-bond donors (Lipinski definition) is 1. The van der Waals surface area contributed by atoms with Crippen LogP contribution in [0, 0.1) is 0 Å². The molecule has 178 valence electrons. The van der Waals surface area contributed by atoms with Crippen LogP contribution >= 0.6 is 0 Å². The van der Waals surface area contributed by atoms with E-state index in [-0.39, 0.29) is 11.8 Å². The molecule has 4 aromatic rings. The zero-order valence-electron chi connectivity index (χ0n) is 20.2. The average Bonchev–Trinajstić information content (AvgIpc) is 3.19. The summed E-state index contributed by atoms with van der Waals surface area (Å²) in [6.07, 6.45) is 1.64. The molecule has 1 aliphatic heterocycles. The Kier molecular flexibility index (Phi) is 6.05. The van der Waals surface area contributed by atoms with E-state index in [1.54, 1.807) is 10.9 Å². The SMILES string of the molecule is CC(=O)Nc1cnc2c(c1)c(-c1cccc(-c3ccc(C(=O)N4CCN(C)CC4)cc3)c1)nn2C. The first-order chi connectivity index (χ1) is 16.9. The fourth-order valence-corrected chi connectivity index (χ4v) is 4.47. The third kappa shape index (κ3) is 4.65. The zero-order chi connectivity index (χ0) is 24.5. The third-order valence-corrected chi connectivity index (χ3v) is 6.39. The van der Waals surface area contributed by atoms with E-state index in [1.165, 1.54) is 6.92 Å². The van der Waals surface area contributed by atoms with Crippen LogP contribution in [0.3, 0.4) is 0 Å². The van der Waals surface area contributed by atoms with Gasteiger partial charge >= 0.3 is 0 Å². The summed E-state index contributed by atoms with van der Waals surface area (Å²) in [5.74, 6) is -0.0611. The molecule has 0 saturated carbocycles. The Balaban J connectivity index is 1.43. The summed E-state index contributed by atoms with van der Waals surface area (Å²) in [7, 11) is 3.94. The number of nitrogens with one attached hydrogen (secondary N) is 1. The lowest BCUT2D eigenvalue weighted by atomic mass is 9.99. The Morgan fingerprint density at radius 3 is 2.31 bits per heavy atom. The minimum Gasteiger partial charge on any atom is -0.336 e. The highest BCUT2D eigenvalue weighted by atomic mass is 16.2. The molecular weight excluding hydrogens is 440 g/mol. The maximum absolute atomic E-state index is 12.9. The molecule has 8 nitrogen and oxygen atoms in total. The maximum Gasteiger partial charge on any atom is 0.253 e. The number of rotatable bonds is 4. The molecule has 2 aromatic heterocycles. The Hall–Kier alpha value is -4.04. The van der Waals surface area contributed by atoms with Gasteiger partial charge in [-0.2, -0.15) is 5.10 Å². The second-order valence-corrected chi connectivity index (χ2v) is 9.00. The topological polar surface area (TPSA) is 83.4 Å². The van der Waals surface area contributed by atoms with Crippen LogP contribution in [0.4, 0.5) is 5.69 Å². The molecule has 0 aliphatic carbocycles. The molecule has 2 amide bonds. The predicted octanol–water partition coefficient (Wildman–Crippen LogP) is 3.65. The van der Waals surface area contributed by atoms with Crippen LogP contribution in [-0.4, -0.2) is 69.6 Å². The van der Waals surface area contributed by atoms with E-state index in [0.717, 1.165) is 59.6 Å². The van der Waals surface area contributed by atoms with Gasteiger partial charge in [0.05, 0.1) is 11.9 Å². The second-order valence-electron chi connectivity index (χ2n) is 9.00. The van der Waals surface area contributed by atoms with Crippen LogP contribution in [0.15, 0.2) is 60.8 Å². The molecule has 5 rings (SSSR count). The van der Waals surface area contributed by atoms with Crippen LogP contribution in [0.25, 0.3) is 33.4 Å². The van der Waals surface area contributed by atoms with Gasteiger partial charge in [-0.25, -0.2) is 9.67 Å². The largest absolute Gasteiger partial charge is 0.336 e. The highest BCUT2D eigenvalue weighted by Gasteiger charge is 2.20. The van der Waals surface area contributed by atoms with Crippen LogP contribution in [-0.2, 0) is 11.8 Å².